The van der Waals surface area contributed by atoms with Gasteiger partial charge in [0.1, 0.15) is 0 Å². The van der Waals surface area contributed by atoms with Gasteiger partial charge in [-0.1, -0.05) is 257 Å². The third kappa shape index (κ3) is 45.0. The van der Waals surface area contributed by atoms with Crippen LogP contribution in [0.4, 0.5) is 0 Å². The Labute approximate surface area is 321 Å². The fourth-order valence-electron chi connectivity index (χ4n) is 8.03. The molecule has 0 aliphatic rings. The van der Waals surface area contributed by atoms with E-state index in [1.165, 1.54) is 238 Å². The molecule has 51 heavy (non-hydrogen) atoms. The lowest BCUT2D eigenvalue weighted by Crippen LogP contribution is -2.09. The lowest BCUT2D eigenvalue weighted by Gasteiger charge is -2.14. The zero-order valence-corrected chi connectivity index (χ0v) is 35.0. The zero-order valence-electron chi connectivity index (χ0n) is 35.0. The van der Waals surface area contributed by atoms with Crippen molar-refractivity contribution >= 4 is 11.8 Å². The van der Waals surface area contributed by atoms with Crippen LogP contribution in [0.1, 0.15) is 283 Å². The summed E-state index contributed by atoms with van der Waals surface area (Å²) in [6, 6.07) is 0. The van der Waals surface area contributed by atoms with E-state index in [-0.39, 0.29) is 11.8 Å². The van der Waals surface area contributed by atoms with Crippen LogP contribution in [0.15, 0.2) is 0 Å². The molecular formula is C47H94N2O2. The van der Waals surface area contributed by atoms with E-state index in [1.54, 1.807) is 0 Å². The van der Waals surface area contributed by atoms with Gasteiger partial charge in [-0.15, -0.1) is 0 Å². The molecule has 0 saturated heterocycles. The molecule has 4 heteroatoms. The van der Waals surface area contributed by atoms with Gasteiger partial charge in [0, 0.05) is 12.8 Å². The minimum atomic E-state index is -0.150. The van der Waals surface area contributed by atoms with Crippen LogP contribution in [-0.2, 0) is 9.59 Å². The van der Waals surface area contributed by atoms with E-state index in [2.05, 4.69) is 6.92 Å². The molecule has 2 amide bonds. The van der Waals surface area contributed by atoms with Crippen LogP contribution >= 0.6 is 0 Å². The third-order valence-corrected chi connectivity index (χ3v) is 11.6. The molecule has 0 bridgehead atoms. The van der Waals surface area contributed by atoms with Crippen molar-refractivity contribution in [1.82, 2.24) is 0 Å². The fourth-order valence-corrected chi connectivity index (χ4v) is 8.03. The van der Waals surface area contributed by atoms with Crippen molar-refractivity contribution in [2.75, 3.05) is 0 Å². The van der Waals surface area contributed by atoms with Crippen molar-refractivity contribution in [1.29, 1.82) is 0 Å². The Morgan fingerprint density at radius 2 is 0.451 bits per heavy atom. The van der Waals surface area contributed by atoms with Gasteiger partial charge >= 0.3 is 0 Å². The number of carbonyl (C=O) groups is 2. The first-order chi connectivity index (χ1) is 25.1. The summed E-state index contributed by atoms with van der Waals surface area (Å²) in [6.45, 7) is 2.42. The van der Waals surface area contributed by atoms with Gasteiger partial charge in [-0.05, 0) is 18.8 Å². The number of nitrogens with two attached hydrogens (primary N) is 2. The number of carbonyl (C=O) groups excluding carboxylic acids is 2. The van der Waals surface area contributed by atoms with Crippen molar-refractivity contribution < 1.29 is 9.59 Å². The Bertz CT molecular complexity index is 640. The number of rotatable bonds is 45. The molecule has 0 aromatic carbocycles. The van der Waals surface area contributed by atoms with Gasteiger partial charge in [0.05, 0.1) is 0 Å². The first kappa shape index (κ1) is 49.9. The van der Waals surface area contributed by atoms with Crippen LogP contribution in [-0.4, -0.2) is 11.8 Å². The predicted molar refractivity (Wildman–Crippen MR) is 226 cm³/mol. The number of hydrogen-bond acceptors (Lipinski definition) is 2. The second kappa shape index (κ2) is 43.3. The first-order valence-corrected chi connectivity index (χ1v) is 23.6. The SMILES string of the molecule is CCC(CCCCCCCCCCCCCCCCCCCCCC(N)=O)CCCCCCCCCCCCCCCCCCCCCC(N)=O. The molecule has 0 fully saturated rings. The van der Waals surface area contributed by atoms with Gasteiger partial charge in [0.15, 0.2) is 0 Å². The summed E-state index contributed by atoms with van der Waals surface area (Å²) in [5, 5.41) is 0. The lowest BCUT2D eigenvalue weighted by molar-refractivity contribution is -0.119. The minimum Gasteiger partial charge on any atom is -0.370 e. The van der Waals surface area contributed by atoms with Gasteiger partial charge in [-0.2, -0.15) is 0 Å². The maximum atomic E-state index is 10.7. The molecule has 0 unspecified atom stereocenters. The molecule has 0 aromatic heterocycles. The summed E-state index contributed by atoms with van der Waals surface area (Å²) in [6.07, 6.45) is 58.2. The van der Waals surface area contributed by atoms with Crippen LogP contribution in [0, 0.1) is 5.92 Å². The summed E-state index contributed by atoms with van der Waals surface area (Å²) >= 11 is 0. The van der Waals surface area contributed by atoms with Crippen molar-refractivity contribution in [3.63, 3.8) is 0 Å². The highest BCUT2D eigenvalue weighted by Gasteiger charge is 2.06. The van der Waals surface area contributed by atoms with Crippen molar-refractivity contribution in [2.45, 2.75) is 283 Å². The largest absolute Gasteiger partial charge is 0.370 e. The Kier molecular flexibility index (Phi) is 42.4. The summed E-state index contributed by atoms with van der Waals surface area (Å²) in [5.41, 5.74) is 10.4. The van der Waals surface area contributed by atoms with Crippen molar-refractivity contribution in [3.05, 3.63) is 0 Å². The lowest BCUT2D eigenvalue weighted by atomic mass is 9.92. The number of unbranched alkanes of at least 4 members (excludes halogenated alkanes) is 36. The summed E-state index contributed by atoms with van der Waals surface area (Å²) in [7, 11) is 0. The average Bonchev–Trinajstić information content (AvgIpc) is 3.11. The molecule has 0 rings (SSSR count). The number of hydrogen-bond donors (Lipinski definition) is 2. The Morgan fingerprint density at radius 1 is 0.294 bits per heavy atom. The van der Waals surface area contributed by atoms with Gasteiger partial charge in [-0.25, -0.2) is 0 Å². The first-order valence-electron chi connectivity index (χ1n) is 23.6. The van der Waals surface area contributed by atoms with Gasteiger partial charge in [0.2, 0.25) is 11.8 Å². The monoisotopic (exact) mass is 719 g/mol. The normalized spacial score (nSPS) is 11.6. The van der Waals surface area contributed by atoms with Crippen molar-refractivity contribution in [3.8, 4) is 0 Å². The molecular weight excluding hydrogens is 625 g/mol. The standard InChI is InChI=1S/C47H94N2O2/c1-2-45(41-37-33-29-25-21-17-13-9-5-3-7-11-15-19-23-27-31-35-39-43-46(48)50)42-38-34-30-26-22-18-14-10-6-4-8-12-16-20-24-28-32-36-40-44-47(49)51/h45H,2-44H2,1H3,(H2,48,50)(H2,49,51). The third-order valence-electron chi connectivity index (χ3n) is 11.6. The van der Waals surface area contributed by atoms with Crippen LogP contribution in [0.2, 0.25) is 0 Å². The molecule has 304 valence electrons. The molecule has 0 saturated carbocycles. The van der Waals surface area contributed by atoms with E-state index in [4.69, 9.17) is 11.5 Å². The average molecular weight is 719 g/mol. The molecule has 0 spiro atoms. The van der Waals surface area contributed by atoms with Gasteiger partial charge in [0.25, 0.3) is 0 Å². The fraction of sp³-hybridized carbons (Fsp3) is 0.957. The Morgan fingerprint density at radius 3 is 0.608 bits per heavy atom. The van der Waals surface area contributed by atoms with E-state index in [0.717, 1.165) is 31.6 Å². The van der Waals surface area contributed by atoms with E-state index in [0.29, 0.717) is 12.8 Å². The molecule has 0 aliphatic heterocycles. The van der Waals surface area contributed by atoms with E-state index in [9.17, 15) is 9.59 Å². The topological polar surface area (TPSA) is 86.2 Å². The maximum Gasteiger partial charge on any atom is 0.217 e. The predicted octanol–water partition coefficient (Wildman–Crippen LogP) is 15.4. The smallest absolute Gasteiger partial charge is 0.217 e. The molecule has 0 aliphatic carbocycles. The Hall–Kier alpha value is -1.06. The quantitative estimate of drug-likeness (QED) is 0.0614. The van der Waals surface area contributed by atoms with E-state index < -0.39 is 0 Å². The van der Waals surface area contributed by atoms with Crippen LogP contribution in [0.25, 0.3) is 0 Å². The van der Waals surface area contributed by atoms with Crippen LogP contribution in [0.3, 0.4) is 0 Å². The summed E-state index contributed by atoms with van der Waals surface area (Å²) in [4.78, 5) is 21.5. The summed E-state index contributed by atoms with van der Waals surface area (Å²) in [5.74, 6) is 0.688. The molecule has 4 nitrogen and oxygen atoms in total. The molecule has 0 radical (unpaired) electrons. The molecule has 0 atom stereocenters. The van der Waals surface area contributed by atoms with E-state index in [1.807, 2.05) is 0 Å². The zero-order chi connectivity index (χ0) is 37.1. The highest BCUT2D eigenvalue weighted by Crippen LogP contribution is 2.22. The van der Waals surface area contributed by atoms with Gasteiger partial charge in [-0.3, -0.25) is 9.59 Å². The van der Waals surface area contributed by atoms with Crippen LogP contribution < -0.4 is 11.5 Å². The second-order valence-electron chi connectivity index (χ2n) is 16.7. The number of primary amides is 2. The second-order valence-corrected chi connectivity index (χ2v) is 16.7. The molecule has 0 aromatic rings. The van der Waals surface area contributed by atoms with Crippen LogP contribution in [0.5, 0.6) is 0 Å². The highest BCUT2D eigenvalue weighted by atomic mass is 16.1. The summed E-state index contributed by atoms with van der Waals surface area (Å²) < 4.78 is 0. The highest BCUT2D eigenvalue weighted by molar-refractivity contribution is 5.73. The maximum absolute atomic E-state index is 10.7. The van der Waals surface area contributed by atoms with E-state index >= 15 is 0 Å². The molecule has 0 heterocycles. The molecule has 4 N–H and O–H groups in total. The Balaban J connectivity index is 3.24. The van der Waals surface area contributed by atoms with Crippen molar-refractivity contribution in [2.24, 2.45) is 17.4 Å². The number of amides is 2. The van der Waals surface area contributed by atoms with Gasteiger partial charge < -0.3 is 11.5 Å². The minimum absolute atomic E-state index is 0.150.